The van der Waals surface area contributed by atoms with E-state index in [2.05, 4.69) is 15.1 Å². The number of carbonyl (C=O) groups is 2. The Bertz CT molecular complexity index is 1770. The van der Waals surface area contributed by atoms with Crippen LogP contribution in [0.3, 0.4) is 0 Å². The molecular formula is C34H47ClN7O7S+. The van der Waals surface area contributed by atoms with Crippen LogP contribution in [-0.4, -0.2) is 88.6 Å². The first-order chi connectivity index (χ1) is 23.6. The van der Waals surface area contributed by atoms with Crippen LogP contribution in [0, 0.1) is 5.92 Å². The quantitative estimate of drug-likeness (QED) is 0.190. The number of nitrogens with zero attached hydrogens (tertiary/aromatic N) is 5. The average Bonchev–Trinajstić information content (AvgIpc) is 3.79. The number of ether oxygens (including phenoxy) is 3. The lowest BCUT2D eigenvalue weighted by atomic mass is 10.0. The lowest BCUT2D eigenvalue weighted by Gasteiger charge is -2.33. The van der Waals surface area contributed by atoms with E-state index >= 15 is 0 Å². The standard InChI is InChI=1S/C34H46ClN7O7S/c1-33(2,3)49-32(44)41-22-24(21-34(41,4)5)47-20-17-36-26-11-8-12-29(37-26)50(45,46)40-31(43)25-13-14-27(38-30(25)35)42-18-15-28(39-42)48-19-16-23-9-6-7-10-23/h8,11-15,18,23-24H,6-7,9-10,16-17,19-22H2,1-5H3,(H,36,37)(H,40,43)/p+1. The van der Waals surface area contributed by atoms with Crippen molar-refractivity contribution >= 4 is 39.4 Å². The number of hydrogen-bond donors (Lipinski definition) is 2. The molecule has 1 atom stereocenters. The van der Waals surface area contributed by atoms with Gasteiger partial charge < -0.3 is 19.1 Å². The molecule has 3 N–H and O–H groups in total. The number of halogens is 1. The first-order valence-corrected chi connectivity index (χ1v) is 18.8. The Morgan fingerprint density at radius 1 is 1.08 bits per heavy atom. The number of carbonyl (C=O) groups excluding carboxylic acids is 2. The van der Waals surface area contributed by atoms with Gasteiger partial charge in [-0.1, -0.05) is 43.4 Å². The molecule has 2 aliphatic rings. The molecule has 3 aromatic heterocycles. The van der Waals surface area contributed by atoms with Crippen LogP contribution in [0.25, 0.3) is 5.82 Å². The first-order valence-electron chi connectivity index (χ1n) is 16.9. The van der Waals surface area contributed by atoms with Crippen molar-refractivity contribution in [2.24, 2.45) is 5.92 Å². The fourth-order valence-corrected chi connectivity index (χ4v) is 7.34. The zero-order valence-corrected chi connectivity index (χ0v) is 30.8. The first kappa shape index (κ1) is 37.5. The van der Waals surface area contributed by atoms with E-state index < -0.39 is 27.1 Å². The molecule has 1 saturated heterocycles. The normalized spacial score (nSPS) is 18.0. The molecule has 0 spiro atoms. The number of quaternary nitrogens is 1. The van der Waals surface area contributed by atoms with E-state index in [-0.39, 0.29) is 27.9 Å². The molecule has 1 aliphatic heterocycles. The minimum atomic E-state index is -4.34. The Morgan fingerprint density at radius 3 is 2.56 bits per heavy atom. The van der Waals surface area contributed by atoms with Gasteiger partial charge in [0.15, 0.2) is 10.8 Å². The van der Waals surface area contributed by atoms with Crippen LogP contribution in [0.1, 0.15) is 83.5 Å². The van der Waals surface area contributed by atoms with Crippen LogP contribution in [0.4, 0.5) is 10.6 Å². The van der Waals surface area contributed by atoms with Gasteiger partial charge in [-0.2, -0.15) is 13.4 Å². The largest absolute Gasteiger partial charge is 0.477 e. The minimum absolute atomic E-state index is 0.126. The summed E-state index contributed by atoms with van der Waals surface area (Å²) in [7, 11) is -4.34. The van der Waals surface area contributed by atoms with E-state index in [1.54, 1.807) is 28.5 Å². The van der Waals surface area contributed by atoms with E-state index in [1.807, 2.05) is 39.3 Å². The number of amides is 2. The molecule has 1 unspecified atom stereocenters. The maximum absolute atomic E-state index is 13.1. The van der Waals surface area contributed by atoms with Crippen molar-refractivity contribution in [1.82, 2.24) is 29.4 Å². The Labute approximate surface area is 298 Å². The van der Waals surface area contributed by atoms with Crippen molar-refractivity contribution in [2.45, 2.75) is 95.4 Å². The summed E-state index contributed by atoms with van der Waals surface area (Å²) in [5.74, 6) is 0.954. The Kier molecular flexibility index (Phi) is 11.7. The molecule has 14 nitrogen and oxygen atoms in total. The molecule has 2 amide bonds. The number of nitrogens with one attached hydrogen (secondary N) is 1. The summed E-state index contributed by atoms with van der Waals surface area (Å²) in [6, 6.07) is 9.11. The smallest absolute Gasteiger partial charge is 0.410 e. The fourth-order valence-electron chi connectivity index (χ4n) is 6.16. The third kappa shape index (κ3) is 9.92. The van der Waals surface area contributed by atoms with Gasteiger partial charge in [-0.25, -0.2) is 19.2 Å². The van der Waals surface area contributed by atoms with Crippen molar-refractivity contribution in [1.29, 1.82) is 0 Å². The number of likely N-dealkylation sites (tertiary alicyclic amines) is 1. The van der Waals surface area contributed by atoms with Gasteiger partial charge in [0.2, 0.25) is 11.7 Å². The predicted octanol–water partition coefficient (Wildman–Crippen LogP) is 4.39. The molecule has 16 heteroatoms. The second kappa shape index (κ2) is 15.6. The predicted molar refractivity (Wildman–Crippen MR) is 185 cm³/mol. The van der Waals surface area contributed by atoms with Crippen molar-refractivity contribution in [2.75, 3.05) is 26.3 Å². The van der Waals surface area contributed by atoms with Crippen LogP contribution in [-0.2, 0) is 19.5 Å². The van der Waals surface area contributed by atoms with E-state index in [0.29, 0.717) is 56.2 Å². The number of aromatic nitrogens is 4. The molecule has 2 fully saturated rings. The molecule has 0 bridgehead atoms. The second-order valence-electron chi connectivity index (χ2n) is 14.3. The number of nitrogens with two attached hydrogens (primary N) is 1. The van der Waals surface area contributed by atoms with Crippen molar-refractivity contribution in [3.05, 3.63) is 53.3 Å². The number of sulfonamides is 1. The molecule has 5 rings (SSSR count). The van der Waals surface area contributed by atoms with E-state index in [9.17, 15) is 18.0 Å². The highest BCUT2D eigenvalue weighted by Crippen LogP contribution is 2.32. The summed E-state index contributed by atoms with van der Waals surface area (Å²) in [4.78, 5) is 35.8. The lowest BCUT2D eigenvalue weighted by molar-refractivity contribution is -0.578. The zero-order valence-electron chi connectivity index (χ0n) is 29.2. The summed E-state index contributed by atoms with van der Waals surface area (Å²) in [5.41, 5.74) is -1.13. The minimum Gasteiger partial charge on any atom is -0.477 e. The molecule has 4 heterocycles. The third-order valence-electron chi connectivity index (χ3n) is 8.66. The second-order valence-corrected chi connectivity index (χ2v) is 16.3. The van der Waals surface area contributed by atoms with Crippen molar-refractivity contribution in [3.8, 4) is 11.7 Å². The zero-order chi connectivity index (χ0) is 36.1. The van der Waals surface area contributed by atoms with E-state index in [1.165, 1.54) is 54.6 Å². The van der Waals surface area contributed by atoms with Crippen LogP contribution in [0.15, 0.2) is 47.6 Å². The highest BCUT2D eigenvalue weighted by atomic mass is 35.5. The maximum Gasteiger partial charge on any atom is 0.410 e. The average molecular weight is 733 g/mol. The van der Waals surface area contributed by atoms with Gasteiger partial charge in [-0.15, -0.1) is 5.10 Å². The molecule has 3 aromatic rings. The van der Waals surface area contributed by atoms with Crippen molar-refractivity contribution < 1.29 is 37.5 Å². The molecule has 1 aliphatic carbocycles. The fraction of sp³-hybridized carbons (Fsp3) is 0.559. The highest BCUT2D eigenvalue weighted by Gasteiger charge is 2.43. The monoisotopic (exact) mass is 732 g/mol. The Hall–Kier alpha value is -3.79. The molecule has 0 aromatic carbocycles. The maximum atomic E-state index is 13.1. The third-order valence-corrected chi connectivity index (χ3v) is 10.2. The molecule has 50 heavy (non-hydrogen) atoms. The van der Waals surface area contributed by atoms with Gasteiger partial charge in [0.25, 0.3) is 15.9 Å². The van der Waals surface area contributed by atoms with Crippen LogP contribution >= 0.6 is 11.6 Å². The van der Waals surface area contributed by atoms with Crippen LogP contribution in [0.5, 0.6) is 5.88 Å². The van der Waals surface area contributed by atoms with E-state index in [4.69, 9.17) is 25.8 Å². The Morgan fingerprint density at radius 2 is 1.84 bits per heavy atom. The molecule has 1 saturated carbocycles. The Balaban J connectivity index is 1.11. The van der Waals surface area contributed by atoms with Gasteiger partial charge in [-0.3, -0.25) is 10.1 Å². The van der Waals surface area contributed by atoms with Gasteiger partial charge in [0.1, 0.15) is 17.3 Å². The summed E-state index contributed by atoms with van der Waals surface area (Å²) in [6.45, 7) is 11.2. The molecular weight excluding hydrogens is 686 g/mol. The molecule has 272 valence electrons. The number of rotatable bonds is 13. The summed E-state index contributed by atoms with van der Waals surface area (Å²) < 4.78 is 47.1. The summed E-state index contributed by atoms with van der Waals surface area (Å²) >= 11 is 6.32. The lowest BCUT2D eigenvalue weighted by Crippen LogP contribution is -2.79. The summed E-state index contributed by atoms with van der Waals surface area (Å²) in [5, 5.41) is 5.60. The topological polar surface area (TPSA) is 171 Å². The van der Waals surface area contributed by atoms with Crippen LogP contribution in [0.2, 0.25) is 5.15 Å². The number of pyridine rings is 2. The van der Waals surface area contributed by atoms with Gasteiger partial charge in [0.05, 0.1) is 31.4 Å². The van der Waals surface area contributed by atoms with Gasteiger partial charge in [-0.05, 0) is 71.6 Å². The van der Waals surface area contributed by atoms with E-state index in [0.717, 1.165) is 6.42 Å². The number of hydrogen-bond acceptors (Lipinski definition) is 10. The molecule has 0 radical (unpaired) electrons. The highest BCUT2D eigenvalue weighted by molar-refractivity contribution is 7.90. The van der Waals surface area contributed by atoms with Gasteiger partial charge >= 0.3 is 6.09 Å². The van der Waals surface area contributed by atoms with Gasteiger partial charge in [0, 0.05) is 23.9 Å². The SMILES string of the molecule is CC(C)(C)OC(=O)N1CC(OCC[NH2+]c2cccc(S(=O)(=O)NC(=O)c3ccc(-n4ccc(OCCC5CCCC5)n4)nc3Cl)n2)CC1(C)C. The van der Waals surface area contributed by atoms with Crippen molar-refractivity contribution in [3.63, 3.8) is 0 Å². The summed E-state index contributed by atoms with van der Waals surface area (Å²) in [6.07, 6.45) is 7.84. The van der Waals surface area contributed by atoms with Crippen LogP contribution < -0.4 is 14.8 Å².